The average Bonchev–Trinajstić information content (AvgIpc) is 3.37. The second-order valence-corrected chi connectivity index (χ2v) is 9.66. The Morgan fingerprint density at radius 1 is 1.10 bits per heavy atom. The summed E-state index contributed by atoms with van der Waals surface area (Å²) in [6.45, 7) is 9.42. The van der Waals surface area contributed by atoms with Gasteiger partial charge in [0.05, 0.1) is 11.7 Å². The third-order valence-corrected chi connectivity index (χ3v) is 6.45. The van der Waals surface area contributed by atoms with Gasteiger partial charge in [0.2, 0.25) is 0 Å². The number of aromatic nitrogens is 2. The predicted molar refractivity (Wildman–Crippen MR) is 115 cm³/mol. The van der Waals surface area contributed by atoms with Gasteiger partial charge in [0.25, 0.3) is 5.91 Å². The van der Waals surface area contributed by atoms with E-state index in [1.807, 2.05) is 25.1 Å². The number of ether oxygens (including phenoxy) is 2. The molecule has 1 aromatic carbocycles. The molecular weight excluding hydrogens is 406 g/mol. The Morgan fingerprint density at radius 3 is 2.59 bits per heavy atom. The van der Waals surface area contributed by atoms with Crippen LogP contribution in [0.2, 0.25) is 0 Å². The molecule has 1 aliphatic rings. The first-order valence-corrected chi connectivity index (χ1v) is 11.2. The third-order valence-electron chi connectivity index (χ3n) is 4.53. The second-order valence-electron chi connectivity index (χ2n) is 7.91. The van der Waals surface area contributed by atoms with Crippen LogP contribution in [0.1, 0.15) is 54.9 Å². The van der Waals surface area contributed by atoms with E-state index in [2.05, 4.69) is 41.4 Å². The summed E-state index contributed by atoms with van der Waals surface area (Å²) in [6.07, 6.45) is 0. The zero-order valence-corrected chi connectivity index (χ0v) is 18.4. The van der Waals surface area contributed by atoms with Crippen LogP contribution >= 0.6 is 22.7 Å². The maximum atomic E-state index is 12.7. The Balaban J connectivity index is 1.46. The molecule has 1 N–H and O–H groups in total. The van der Waals surface area contributed by atoms with Crippen molar-refractivity contribution in [3.8, 4) is 22.1 Å². The summed E-state index contributed by atoms with van der Waals surface area (Å²) >= 11 is 3.00. The number of amides is 1. The van der Waals surface area contributed by atoms with Gasteiger partial charge in [-0.25, -0.2) is 9.97 Å². The number of hydrogen-bond donors (Lipinski definition) is 1. The summed E-state index contributed by atoms with van der Waals surface area (Å²) < 4.78 is 11.2. The molecule has 4 rings (SSSR count). The number of nitrogens with one attached hydrogen (secondary N) is 1. The first-order chi connectivity index (χ1) is 13.8. The van der Waals surface area contributed by atoms with Gasteiger partial charge >= 0.3 is 0 Å². The van der Waals surface area contributed by atoms with Crippen molar-refractivity contribution in [3.63, 3.8) is 0 Å². The SMILES string of the molecule is CC(NC(=O)c1csc(-c2ccc3c(c2)OCCO3)n1)c1nc(C(C)(C)C)cs1. The van der Waals surface area contributed by atoms with Crippen LogP contribution in [0.5, 0.6) is 11.5 Å². The van der Waals surface area contributed by atoms with E-state index in [-0.39, 0.29) is 17.4 Å². The largest absolute Gasteiger partial charge is 0.486 e. The van der Waals surface area contributed by atoms with Gasteiger partial charge in [-0.3, -0.25) is 4.79 Å². The van der Waals surface area contributed by atoms with Crippen molar-refractivity contribution in [1.82, 2.24) is 15.3 Å². The molecule has 6 nitrogen and oxygen atoms in total. The van der Waals surface area contributed by atoms with Crippen molar-refractivity contribution < 1.29 is 14.3 Å². The Labute approximate surface area is 177 Å². The van der Waals surface area contributed by atoms with Crippen LogP contribution in [0.25, 0.3) is 10.6 Å². The van der Waals surface area contributed by atoms with Crippen molar-refractivity contribution in [2.24, 2.45) is 0 Å². The first-order valence-electron chi connectivity index (χ1n) is 9.43. The minimum Gasteiger partial charge on any atom is -0.486 e. The number of carbonyl (C=O) groups excluding carboxylic acids is 1. The van der Waals surface area contributed by atoms with Crippen molar-refractivity contribution in [3.05, 3.63) is 45.4 Å². The van der Waals surface area contributed by atoms with E-state index in [1.165, 1.54) is 11.3 Å². The minimum absolute atomic E-state index is 0.00801. The lowest BCUT2D eigenvalue weighted by atomic mass is 9.93. The summed E-state index contributed by atoms with van der Waals surface area (Å²) in [7, 11) is 0. The van der Waals surface area contributed by atoms with Crippen LogP contribution in [-0.2, 0) is 5.41 Å². The number of benzene rings is 1. The number of nitrogens with zero attached hydrogens (tertiary/aromatic N) is 2. The van der Waals surface area contributed by atoms with Crippen LogP contribution in [0, 0.1) is 0 Å². The van der Waals surface area contributed by atoms with E-state index in [1.54, 1.807) is 16.7 Å². The van der Waals surface area contributed by atoms with Crippen molar-refractivity contribution >= 4 is 28.6 Å². The molecule has 3 heterocycles. The summed E-state index contributed by atoms with van der Waals surface area (Å²) in [5.41, 5.74) is 2.33. The van der Waals surface area contributed by atoms with Crippen LogP contribution < -0.4 is 14.8 Å². The van der Waals surface area contributed by atoms with Gasteiger partial charge in [-0.05, 0) is 25.1 Å². The molecule has 1 aliphatic heterocycles. The van der Waals surface area contributed by atoms with Gasteiger partial charge in [-0.2, -0.15) is 0 Å². The third kappa shape index (κ3) is 4.28. The fraction of sp³-hybridized carbons (Fsp3) is 0.381. The lowest BCUT2D eigenvalue weighted by Gasteiger charge is -2.18. The molecule has 0 fully saturated rings. The predicted octanol–water partition coefficient (Wildman–Crippen LogP) is 4.83. The van der Waals surface area contributed by atoms with E-state index in [4.69, 9.17) is 9.47 Å². The first kappa shape index (κ1) is 19.8. The fourth-order valence-electron chi connectivity index (χ4n) is 2.85. The number of fused-ring (bicyclic) bond motifs is 1. The average molecular weight is 430 g/mol. The molecule has 29 heavy (non-hydrogen) atoms. The van der Waals surface area contributed by atoms with Crippen LogP contribution in [0.15, 0.2) is 29.0 Å². The van der Waals surface area contributed by atoms with E-state index in [9.17, 15) is 4.79 Å². The van der Waals surface area contributed by atoms with E-state index < -0.39 is 0 Å². The molecule has 0 bridgehead atoms. The van der Waals surface area contributed by atoms with Gasteiger partial charge in [-0.1, -0.05) is 20.8 Å². The monoisotopic (exact) mass is 429 g/mol. The van der Waals surface area contributed by atoms with Gasteiger partial charge in [0.15, 0.2) is 11.5 Å². The highest BCUT2D eigenvalue weighted by Crippen LogP contribution is 2.35. The van der Waals surface area contributed by atoms with Crippen LogP contribution in [0.4, 0.5) is 0 Å². The molecule has 0 radical (unpaired) electrons. The molecule has 0 spiro atoms. The lowest BCUT2D eigenvalue weighted by molar-refractivity contribution is 0.0935. The quantitative estimate of drug-likeness (QED) is 0.643. The second kappa shape index (κ2) is 7.76. The highest BCUT2D eigenvalue weighted by atomic mass is 32.1. The van der Waals surface area contributed by atoms with Crippen molar-refractivity contribution in [1.29, 1.82) is 0 Å². The highest BCUT2D eigenvalue weighted by molar-refractivity contribution is 7.13. The van der Waals surface area contributed by atoms with E-state index in [0.29, 0.717) is 24.7 Å². The Bertz CT molecular complexity index is 1040. The summed E-state index contributed by atoms with van der Waals surface area (Å²) in [6, 6.07) is 5.53. The summed E-state index contributed by atoms with van der Waals surface area (Å²) in [5, 5.41) is 8.49. The smallest absolute Gasteiger partial charge is 0.271 e. The van der Waals surface area contributed by atoms with Crippen LogP contribution in [-0.4, -0.2) is 29.1 Å². The Morgan fingerprint density at radius 2 is 1.86 bits per heavy atom. The topological polar surface area (TPSA) is 73.3 Å². The molecule has 3 aromatic rings. The molecule has 0 saturated heterocycles. The molecule has 1 atom stereocenters. The molecule has 1 amide bonds. The molecule has 8 heteroatoms. The Hall–Kier alpha value is -2.45. The number of thiazole rings is 2. The molecule has 1 unspecified atom stereocenters. The van der Waals surface area contributed by atoms with Gasteiger partial charge in [0, 0.05) is 21.7 Å². The summed E-state index contributed by atoms with van der Waals surface area (Å²) in [5.74, 6) is 1.24. The van der Waals surface area contributed by atoms with E-state index >= 15 is 0 Å². The normalized spacial score (nSPS) is 14.5. The zero-order valence-electron chi connectivity index (χ0n) is 16.8. The molecule has 152 valence electrons. The number of rotatable bonds is 4. The lowest BCUT2D eigenvalue weighted by Crippen LogP contribution is -2.27. The zero-order chi connectivity index (χ0) is 20.6. The molecule has 0 aliphatic carbocycles. The summed E-state index contributed by atoms with van der Waals surface area (Å²) in [4.78, 5) is 21.9. The van der Waals surface area contributed by atoms with Gasteiger partial charge < -0.3 is 14.8 Å². The minimum atomic E-state index is -0.204. The number of carbonyl (C=O) groups is 1. The highest BCUT2D eigenvalue weighted by Gasteiger charge is 2.22. The van der Waals surface area contributed by atoms with Gasteiger partial charge in [0.1, 0.15) is 28.9 Å². The van der Waals surface area contributed by atoms with Crippen molar-refractivity contribution in [2.45, 2.75) is 39.2 Å². The molecule has 2 aromatic heterocycles. The molecule has 0 saturated carbocycles. The van der Waals surface area contributed by atoms with E-state index in [0.717, 1.165) is 27.0 Å². The Kier molecular flexibility index (Phi) is 5.31. The van der Waals surface area contributed by atoms with Crippen molar-refractivity contribution in [2.75, 3.05) is 13.2 Å². The fourth-order valence-corrected chi connectivity index (χ4v) is 4.70. The standard InChI is InChI=1S/C21H23N3O3S2/c1-12(19-24-17(11-29-19)21(2,3)4)22-18(25)14-10-28-20(23-14)13-5-6-15-16(9-13)27-8-7-26-15/h5-6,9-12H,7-8H2,1-4H3,(H,22,25). The van der Waals surface area contributed by atoms with Crippen LogP contribution in [0.3, 0.4) is 0 Å². The molecular formula is C21H23N3O3S2. The number of hydrogen-bond acceptors (Lipinski definition) is 7. The maximum absolute atomic E-state index is 12.7. The maximum Gasteiger partial charge on any atom is 0.271 e. The van der Waals surface area contributed by atoms with Gasteiger partial charge in [-0.15, -0.1) is 22.7 Å².